The van der Waals surface area contributed by atoms with Crippen LogP contribution in [-0.2, 0) is 0 Å². The Kier molecular flexibility index (Phi) is 4.68. The second-order valence-electron chi connectivity index (χ2n) is 6.39. The van der Waals surface area contributed by atoms with E-state index >= 15 is 0 Å². The van der Waals surface area contributed by atoms with Gasteiger partial charge in [-0.25, -0.2) is 9.97 Å². The highest BCUT2D eigenvalue weighted by molar-refractivity contribution is 6.31. The lowest BCUT2D eigenvalue weighted by Gasteiger charge is -2.12. The second-order valence-corrected chi connectivity index (χ2v) is 7.26. The number of aromatic nitrogens is 3. The van der Waals surface area contributed by atoms with Gasteiger partial charge in [0.2, 0.25) is 0 Å². The maximum absolute atomic E-state index is 6.20. The van der Waals surface area contributed by atoms with Crippen LogP contribution in [-0.4, -0.2) is 15.0 Å². The van der Waals surface area contributed by atoms with Crippen LogP contribution < -0.4 is 5.32 Å². The summed E-state index contributed by atoms with van der Waals surface area (Å²) >= 11 is 12.4. The first-order valence-corrected chi connectivity index (χ1v) is 9.18. The van der Waals surface area contributed by atoms with Crippen LogP contribution in [0.15, 0.2) is 54.7 Å². The van der Waals surface area contributed by atoms with Crippen molar-refractivity contribution in [2.75, 3.05) is 5.32 Å². The molecule has 134 valence electrons. The normalized spacial score (nSPS) is 11.0. The summed E-state index contributed by atoms with van der Waals surface area (Å²) in [4.78, 5) is 13.8. The van der Waals surface area contributed by atoms with Gasteiger partial charge in [-0.05, 0) is 67.9 Å². The van der Waals surface area contributed by atoms with Gasteiger partial charge in [-0.2, -0.15) is 0 Å². The van der Waals surface area contributed by atoms with E-state index < -0.39 is 0 Å². The first-order chi connectivity index (χ1) is 13.0. The number of halogens is 2. The minimum absolute atomic E-state index is 0.582. The van der Waals surface area contributed by atoms with Crippen LogP contribution in [0, 0.1) is 13.8 Å². The van der Waals surface area contributed by atoms with Crippen molar-refractivity contribution in [3.05, 3.63) is 76.0 Å². The van der Waals surface area contributed by atoms with E-state index in [0.29, 0.717) is 21.7 Å². The average molecular weight is 395 g/mol. The molecule has 0 unspecified atom stereocenters. The molecule has 4 aromatic rings. The van der Waals surface area contributed by atoms with Gasteiger partial charge in [-0.15, -0.1) is 0 Å². The molecule has 0 fully saturated rings. The lowest BCUT2D eigenvalue weighted by molar-refractivity contribution is 1.17. The van der Waals surface area contributed by atoms with Crippen LogP contribution >= 0.6 is 23.2 Å². The van der Waals surface area contributed by atoms with E-state index in [1.54, 1.807) is 6.20 Å². The zero-order chi connectivity index (χ0) is 19.0. The number of hydrogen-bond donors (Lipinski definition) is 1. The third kappa shape index (κ3) is 3.87. The molecule has 0 saturated carbocycles. The van der Waals surface area contributed by atoms with Crippen molar-refractivity contribution in [3.8, 4) is 11.4 Å². The van der Waals surface area contributed by atoms with E-state index in [-0.39, 0.29) is 0 Å². The molecule has 0 aliphatic heterocycles. The van der Waals surface area contributed by atoms with E-state index in [1.807, 2.05) is 62.4 Å². The molecule has 4 nitrogen and oxygen atoms in total. The SMILES string of the molecule is Cc1cc(Cl)cc(Nc2nc(-c3ccc(C)nc3)nc3cc(Cl)ccc23)c1. The Hall–Kier alpha value is -2.69. The average Bonchev–Trinajstić information content (AvgIpc) is 2.61. The number of benzene rings is 2. The van der Waals surface area contributed by atoms with Crippen LogP contribution in [0.25, 0.3) is 22.3 Å². The molecule has 0 aliphatic carbocycles. The minimum Gasteiger partial charge on any atom is -0.340 e. The Morgan fingerprint density at radius 1 is 0.852 bits per heavy atom. The Morgan fingerprint density at radius 3 is 2.44 bits per heavy atom. The van der Waals surface area contributed by atoms with Gasteiger partial charge in [0.25, 0.3) is 0 Å². The topological polar surface area (TPSA) is 50.7 Å². The molecule has 6 heteroatoms. The maximum Gasteiger partial charge on any atom is 0.163 e. The fourth-order valence-electron chi connectivity index (χ4n) is 2.87. The highest BCUT2D eigenvalue weighted by atomic mass is 35.5. The standard InChI is InChI=1S/C21H16Cl2N4/c1-12-7-16(23)9-17(8-12)25-21-18-6-5-15(22)10-19(18)26-20(27-21)14-4-3-13(2)24-11-14/h3-11H,1-2H3,(H,25,26,27). The Bertz CT molecular complexity index is 1120. The van der Waals surface area contributed by atoms with E-state index in [2.05, 4.69) is 15.3 Å². The first kappa shape index (κ1) is 17.7. The lowest BCUT2D eigenvalue weighted by Crippen LogP contribution is -2.00. The molecule has 0 saturated heterocycles. The van der Waals surface area contributed by atoms with Crippen LogP contribution in [0.2, 0.25) is 10.0 Å². The number of fused-ring (bicyclic) bond motifs is 1. The smallest absolute Gasteiger partial charge is 0.163 e. The van der Waals surface area contributed by atoms with Gasteiger partial charge in [0, 0.05) is 38.6 Å². The number of nitrogens with one attached hydrogen (secondary N) is 1. The number of nitrogens with zero attached hydrogens (tertiary/aromatic N) is 3. The Balaban J connectivity index is 1.88. The van der Waals surface area contributed by atoms with Gasteiger partial charge in [-0.3, -0.25) is 4.98 Å². The predicted molar refractivity (Wildman–Crippen MR) is 112 cm³/mol. The summed E-state index contributed by atoms with van der Waals surface area (Å²) in [5, 5.41) is 5.54. The van der Waals surface area contributed by atoms with Crippen molar-refractivity contribution in [3.63, 3.8) is 0 Å². The van der Waals surface area contributed by atoms with Crippen LogP contribution in [0.3, 0.4) is 0 Å². The van der Waals surface area contributed by atoms with Crippen LogP contribution in [0.5, 0.6) is 0 Å². The zero-order valence-corrected chi connectivity index (χ0v) is 16.3. The van der Waals surface area contributed by atoms with Crippen LogP contribution in [0.1, 0.15) is 11.3 Å². The van der Waals surface area contributed by atoms with E-state index in [4.69, 9.17) is 28.2 Å². The van der Waals surface area contributed by atoms with Gasteiger partial charge in [0.05, 0.1) is 5.52 Å². The fourth-order valence-corrected chi connectivity index (χ4v) is 3.33. The number of hydrogen-bond acceptors (Lipinski definition) is 4. The Morgan fingerprint density at radius 2 is 1.70 bits per heavy atom. The van der Waals surface area contributed by atoms with Crippen molar-refractivity contribution >= 4 is 45.6 Å². The van der Waals surface area contributed by atoms with Gasteiger partial charge in [0.1, 0.15) is 5.82 Å². The third-order valence-corrected chi connectivity index (χ3v) is 4.59. The molecule has 27 heavy (non-hydrogen) atoms. The van der Waals surface area contributed by atoms with Gasteiger partial charge in [0.15, 0.2) is 5.82 Å². The molecule has 2 heterocycles. The fraction of sp³-hybridized carbons (Fsp3) is 0.0952. The number of aryl methyl sites for hydroxylation is 2. The zero-order valence-electron chi connectivity index (χ0n) is 14.8. The molecular weight excluding hydrogens is 379 g/mol. The highest BCUT2D eigenvalue weighted by Gasteiger charge is 2.11. The molecule has 2 aromatic heterocycles. The summed E-state index contributed by atoms with van der Waals surface area (Å²) in [6.45, 7) is 3.94. The molecule has 0 bridgehead atoms. The molecule has 0 amide bonds. The number of anilines is 2. The van der Waals surface area contributed by atoms with Crippen LogP contribution in [0.4, 0.5) is 11.5 Å². The molecular formula is C21H16Cl2N4. The summed E-state index contributed by atoms with van der Waals surface area (Å²) in [5.41, 5.74) is 4.47. The molecule has 0 radical (unpaired) electrons. The second kappa shape index (κ2) is 7.14. The van der Waals surface area contributed by atoms with Gasteiger partial charge in [-0.1, -0.05) is 23.2 Å². The van der Waals surface area contributed by atoms with Crippen molar-refractivity contribution in [2.45, 2.75) is 13.8 Å². The van der Waals surface area contributed by atoms with E-state index in [1.165, 1.54) is 0 Å². The van der Waals surface area contributed by atoms with Crippen molar-refractivity contribution < 1.29 is 0 Å². The van der Waals surface area contributed by atoms with E-state index in [9.17, 15) is 0 Å². The largest absolute Gasteiger partial charge is 0.340 e. The molecule has 4 rings (SSSR count). The molecule has 0 spiro atoms. The van der Waals surface area contributed by atoms with Gasteiger partial charge < -0.3 is 5.32 Å². The third-order valence-electron chi connectivity index (χ3n) is 4.13. The quantitative estimate of drug-likeness (QED) is 0.439. The summed E-state index contributed by atoms with van der Waals surface area (Å²) in [5.74, 6) is 1.27. The summed E-state index contributed by atoms with van der Waals surface area (Å²) < 4.78 is 0. The lowest BCUT2D eigenvalue weighted by atomic mass is 10.2. The van der Waals surface area contributed by atoms with Crippen molar-refractivity contribution in [2.24, 2.45) is 0 Å². The summed E-state index contributed by atoms with van der Waals surface area (Å²) in [6.07, 6.45) is 1.77. The van der Waals surface area contributed by atoms with E-state index in [0.717, 1.165) is 33.4 Å². The monoisotopic (exact) mass is 394 g/mol. The van der Waals surface area contributed by atoms with Crippen molar-refractivity contribution in [1.29, 1.82) is 0 Å². The van der Waals surface area contributed by atoms with Gasteiger partial charge >= 0.3 is 0 Å². The maximum atomic E-state index is 6.20. The molecule has 0 atom stereocenters. The summed E-state index contributed by atoms with van der Waals surface area (Å²) in [6, 6.07) is 15.3. The summed E-state index contributed by atoms with van der Waals surface area (Å²) in [7, 11) is 0. The van der Waals surface area contributed by atoms with Crippen molar-refractivity contribution in [1.82, 2.24) is 15.0 Å². The Labute approximate surface area is 167 Å². The predicted octanol–water partition coefficient (Wildman–Crippen LogP) is 6.36. The molecule has 1 N–H and O–H groups in total. The molecule has 0 aliphatic rings. The highest BCUT2D eigenvalue weighted by Crippen LogP contribution is 2.30. The minimum atomic E-state index is 0.582. The number of pyridine rings is 1. The first-order valence-electron chi connectivity index (χ1n) is 8.42. The molecule has 2 aromatic carbocycles. The number of rotatable bonds is 3.